The molecule has 5 heteroatoms. The molecule has 90 valence electrons. The molecule has 0 atom stereocenters. The lowest BCUT2D eigenvalue weighted by molar-refractivity contribution is 0.395. The van der Waals surface area contributed by atoms with Gasteiger partial charge in [-0.1, -0.05) is 20.8 Å². The van der Waals surface area contributed by atoms with Crippen molar-refractivity contribution in [3.8, 4) is 11.7 Å². The number of hydrogen-bond acceptors (Lipinski definition) is 4. The smallest absolute Gasteiger partial charge is 0.215 e. The molecule has 0 aromatic carbocycles. The summed E-state index contributed by atoms with van der Waals surface area (Å²) in [5.74, 6) is 1.27. The van der Waals surface area contributed by atoms with Crippen molar-refractivity contribution in [1.82, 2.24) is 20.0 Å². The molecule has 17 heavy (non-hydrogen) atoms. The van der Waals surface area contributed by atoms with Crippen LogP contribution in [0, 0.1) is 0 Å². The second kappa shape index (κ2) is 4.16. The van der Waals surface area contributed by atoms with Gasteiger partial charge in [-0.2, -0.15) is 15.2 Å². The fourth-order valence-corrected chi connectivity index (χ4v) is 1.61. The number of methoxy groups -OCH3 is 1. The molecule has 0 fully saturated rings. The van der Waals surface area contributed by atoms with Crippen LogP contribution in [-0.4, -0.2) is 27.1 Å². The van der Waals surface area contributed by atoms with Crippen LogP contribution in [0.15, 0.2) is 24.5 Å². The monoisotopic (exact) mass is 232 g/mol. The maximum absolute atomic E-state index is 5.14. The Kier molecular flexibility index (Phi) is 2.83. The standard InChI is InChI=1S/C12H16N4O/c1-12(2,3)9-5-6-10(17-4)15-11(9)16-13-7-8-14-16/h5-8H,1-4H3. The van der Waals surface area contributed by atoms with Gasteiger partial charge in [-0.3, -0.25) is 0 Å². The lowest BCUT2D eigenvalue weighted by atomic mass is 9.87. The Bertz CT molecular complexity index is 500. The van der Waals surface area contributed by atoms with Crippen LogP contribution in [0.4, 0.5) is 0 Å². The van der Waals surface area contributed by atoms with E-state index in [1.807, 2.05) is 12.1 Å². The van der Waals surface area contributed by atoms with Crippen molar-refractivity contribution in [2.24, 2.45) is 0 Å². The van der Waals surface area contributed by atoms with Crippen LogP contribution in [0.3, 0.4) is 0 Å². The Morgan fingerprint density at radius 1 is 1.12 bits per heavy atom. The van der Waals surface area contributed by atoms with E-state index >= 15 is 0 Å². The summed E-state index contributed by atoms with van der Waals surface area (Å²) in [7, 11) is 1.60. The molecule has 0 bridgehead atoms. The third-order valence-corrected chi connectivity index (χ3v) is 2.47. The predicted molar refractivity (Wildman–Crippen MR) is 64.4 cm³/mol. The minimum atomic E-state index is -0.0256. The topological polar surface area (TPSA) is 52.8 Å². The van der Waals surface area contributed by atoms with Gasteiger partial charge in [0.05, 0.1) is 19.5 Å². The van der Waals surface area contributed by atoms with Crippen LogP contribution in [0.2, 0.25) is 0 Å². The molecule has 0 N–H and O–H groups in total. The van der Waals surface area contributed by atoms with Gasteiger partial charge in [0.15, 0.2) is 5.82 Å². The summed E-state index contributed by atoms with van der Waals surface area (Å²) in [6, 6.07) is 3.86. The molecule has 2 heterocycles. The van der Waals surface area contributed by atoms with Crippen molar-refractivity contribution in [2.45, 2.75) is 26.2 Å². The lowest BCUT2D eigenvalue weighted by Crippen LogP contribution is -2.18. The Hall–Kier alpha value is -1.91. The first-order valence-corrected chi connectivity index (χ1v) is 5.44. The first-order chi connectivity index (χ1) is 8.02. The third kappa shape index (κ3) is 2.27. The molecule has 2 aromatic rings. The molecule has 0 saturated carbocycles. The quantitative estimate of drug-likeness (QED) is 0.794. The highest BCUT2D eigenvalue weighted by Crippen LogP contribution is 2.28. The van der Waals surface area contributed by atoms with E-state index in [1.165, 1.54) is 4.80 Å². The molecule has 0 amide bonds. The number of pyridine rings is 1. The van der Waals surface area contributed by atoms with E-state index in [-0.39, 0.29) is 5.41 Å². The van der Waals surface area contributed by atoms with Gasteiger partial charge in [-0.25, -0.2) is 0 Å². The second-order valence-electron chi connectivity index (χ2n) is 4.79. The Morgan fingerprint density at radius 3 is 2.29 bits per heavy atom. The minimum absolute atomic E-state index is 0.0256. The number of aromatic nitrogens is 4. The van der Waals surface area contributed by atoms with E-state index < -0.39 is 0 Å². The van der Waals surface area contributed by atoms with Crippen molar-refractivity contribution in [2.75, 3.05) is 7.11 Å². The van der Waals surface area contributed by atoms with Crippen LogP contribution in [0.25, 0.3) is 5.82 Å². The molecule has 2 aromatic heterocycles. The summed E-state index contributed by atoms with van der Waals surface area (Å²) >= 11 is 0. The van der Waals surface area contributed by atoms with Gasteiger partial charge in [0, 0.05) is 11.6 Å². The summed E-state index contributed by atoms with van der Waals surface area (Å²) in [5, 5.41) is 8.25. The van der Waals surface area contributed by atoms with Crippen LogP contribution in [0.1, 0.15) is 26.3 Å². The Balaban J connectivity index is 2.61. The highest BCUT2D eigenvalue weighted by Gasteiger charge is 2.21. The van der Waals surface area contributed by atoms with Gasteiger partial charge in [0.1, 0.15) is 0 Å². The fourth-order valence-electron chi connectivity index (χ4n) is 1.61. The SMILES string of the molecule is COc1ccc(C(C)(C)C)c(-n2nccn2)n1. The number of hydrogen-bond donors (Lipinski definition) is 0. The van der Waals surface area contributed by atoms with Crippen LogP contribution < -0.4 is 4.74 Å². The maximum Gasteiger partial charge on any atom is 0.215 e. The van der Waals surface area contributed by atoms with Gasteiger partial charge < -0.3 is 4.74 Å². The van der Waals surface area contributed by atoms with Crippen molar-refractivity contribution in [3.05, 3.63) is 30.1 Å². The second-order valence-corrected chi connectivity index (χ2v) is 4.79. The summed E-state index contributed by atoms with van der Waals surface area (Å²) in [4.78, 5) is 5.93. The van der Waals surface area contributed by atoms with Crippen molar-refractivity contribution < 1.29 is 4.74 Å². The highest BCUT2D eigenvalue weighted by atomic mass is 16.5. The van der Waals surface area contributed by atoms with Crippen molar-refractivity contribution in [1.29, 1.82) is 0 Å². The summed E-state index contributed by atoms with van der Waals surface area (Å²) < 4.78 is 5.14. The molecule has 0 spiro atoms. The van der Waals surface area contributed by atoms with E-state index in [4.69, 9.17) is 4.74 Å². The largest absolute Gasteiger partial charge is 0.481 e. The zero-order chi connectivity index (χ0) is 12.5. The average molecular weight is 232 g/mol. The molecule has 0 aliphatic carbocycles. The zero-order valence-electron chi connectivity index (χ0n) is 10.5. The van der Waals surface area contributed by atoms with E-state index in [0.717, 1.165) is 5.56 Å². The minimum Gasteiger partial charge on any atom is -0.481 e. The van der Waals surface area contributed by atoms with E-state index in [9.17, 15) is 0 Å². The molecule has 0 unspecified atom stereocenters. The molecule has 0 aliphatic rings. The molecule has 0 saturated heterocycles. The third-order valence-electron chi connectivity index (χ3n) is 2.47. The van der Waals surface area contributed by atoms with Crippen molar-refractivity contribution >= 4 is 0 Å². The fraction of sp³-hybridized carbons (Fsp3) is 0.417. The van der Waals surface area contributed by atoms with Crippen LogP contribution >= 0.6 is 0 Å². The Morgan fingerprint density at radius 2 is 1.76 bits per heavy atom. The maximum atomic E-state index is 5.14. The first kappa shape index (κ1) is 11.6. The van der Waals surface area contributed by atoms with Gasteiger partial charge in [0.25, 0.3) is 0 Å². The number of nitrogens with zero attached hydrogens (tertiary/aromatic N) is 4. The summed E-state index contributed by atoms with van der Waals surface area (Å²) in [5.41, 5.74) is 1.05. The lowest BCUT2D eigenvalue weighted by Gasteiger charge is -2.21. The number of ether oxygens (including phenoxy) is 1. The van der Waals surface area contributed by atoms with Gasteiger partial charge >= 0.3 is 0 Å². The summed E-state index contributed by atoms with van der Waals surface area (Å²) in [6.45, 7) is 6.39. The van der Waals surface area contributed by atoms with Gasteiger partial charge in [0.2, 0.25) is 5.88 Å². The molecular formula is C12H16N4O. The summed E-state index contributed by atoms with van der Waals surface area (Å²) in [6.07, 6.45) is 3.27. The van der Waals surface area contributed by atoms with Crippen LogP contribution in [-0.2, 0) is 5.41 Å². The van der Waals surface area contributed by atoms with Gasteiger partial charge in [-0.15, -0.1) is 4.80 Å². The Labute approximate surface area is 100 Å². The average Bonchev–Trinajstić information content (AvgIpc) is 2.80. The van der Waals surface area contributed by atoms with Gasteiger partial charge in [-0.05, 0) is 11.5 Å². The molecule has 2 rings (SSSR count). The normalized spacial score (nSPS) is 11.5. The van der Waals surface area contributed by atoms with E-state index in [0.29, 0.717) is 11.7 Å². The van der Waals surface area contributed by atoms with Crippen LogP contribution in [0.5, 0.6) is 5.88 Å². The first-order valence-electron chi connectivity index (χ1n) is 5.44. The predicted octanol–water partition coefficient (Wildman–Crippen LogP) is 1.97. The zero-order valence-corrected chi connectivity index (χ0v) is 10.5. The number of rotatable bonds is 2. The van der Waals surface area contributed by atoms with E-state index in [1.54, 1.807) is 19.5 Å². The van der Waals surface area contributed by atoms with E-state index in [2.05, 4.69) is 36.0 Å². The molecule has 5 nitrogen and oxygen atoms in total. The molecule has 0 aliphatic heterocycles. The molecule has 0 radical (unpaired) electrons. The molecular weight excluding hydrogens is 216 g/mol. The highest BCUT2D eigenvalue weighted by molar-refractivity contribution is 5.40. The van der Waals surface area contributed by atoms with Crippen molar-refractivity contribution in [3.63, 3.8) is 0 Å².